The molecule has 0 spiro atoms. The molecule has 5 nitrogen and oxygen atoms in total. The van der Waals surface area contributed by atoms with Crippen LogP contribution >= 0.6 is 0 Å². The summed E-state index contributed by atoms with van der Waals surface area (Å²) < 4.78 is 16.1. The van der Waals surface area contributed by atoms with Crippen molar-refractivity contribution in [1.29, 1.82) is 0 Å². The minimum Gasteiger partial charge on any atom is -0.497 e. The molecular weight excluding hydrogens is 308 g/mol. The van der Waals surface area contributed by atoms with Crippen LogP contribution in [0.15, 0.2) is 57.7 Å². The Morgan fingerprint density at radius 3 is 2.42 bits per heavy atom. The lowest BCUT2D eigenvalue weighted by Gasteiger charge is -2.06. The van der Waals surface area contributed by atoms with E-state index in [4.69, 9.17) is 13.9 Å². The van der Waals surface area contributed by atoms with Crippen molar-refractivity contribution in [1.82, 2.24) is 0 Å². The monoisotopic (exact) mass is 324 g/mol. The lowest BCUT2D eigenvalue weighted by atomic mass is 10.1. The predicted molar refractivity (Wildman–Crippen MR) is 90.4 cm³/mol. The first kappa shape index (κ1) is 15.8. The van der Waals surface area contributed by atoms with E-state index >= 15 is 0 Å². The van der Waals surface area contributed by atoms with Crippen molar-refractivity contribution in [3.63, 3.8) is 0 Å². The number of carbonyl (C=O) groups is 1. The highest BCUT2D eigenvalue weighted by atomic mass is 16.5. The van der Waals surface area contributed by atoms with Gasteiger partial charge in [-0.05, 0) is 42.5 Å². The van der Waals surface area contributed by atoms with E-state index < -0.39 is 0 Å². The number of carbonyl (C=O) groups excluding carboxylic acids is 1. The Hall–Kier alpha value is -3.08. The molecule has 5 heteroatoms. The highest BCUT2D eigenvalue weighted by molar-refractivity contribution is 5.81. The molecule has 0 saturated carbocycles. The number of esters is 1. The maximum atomic E-state index is 12.4. The van der Waals surface area contributed by atoms with E-state index in [1.165, 1.54) is 12.1 Å². The third-order valence-corrected chi connectivity index (χ3v) is 3.59. The number of rotatable bonds is 4. The lowest BCUT2D eigenvalue weighted by Crippen LogP contribution is -2.06. The number of ether oxygens (including phenoxy) is 2. The van der Waals surface area contributed by atoms with Crippen LogP contribution in [0.25, 0.3) is 22.3 Å². The first-order valence-corrected chi connectivity index (χ1v) is 7.53. The molecule has 0 amide bonds. The van der Waals surface area contributed by atoms with Gasteiger partial charge in [-0.3, -0.25) is 9.59 Å². The third kappa shape index (κ3) is 3.15. The van der Waals surface area contributed by atoms with E-state index in [1.54, 1.807) is 38.3 Å². The van der Waals surface area contributed by atoms with E-state index in [0.717, 1.165) is 11.3 Å². The highest BCUT2D eigenvalue weighted by Crippen LogP contribution is 2.26. The van der Waals surface area contributed by atoms with Crippen molar-refractivity contribution < 1.29 is 18.7 Å². The van der Waals surface area contributed by atoms with Gasteiger partial charge >= 0.3 is 5.97 Å². The fraction of sp³-hybridized carbons (Fsp3) is 0.158. The molecule has 0 fully saturated rings. The van der Waals surface area contributed by atoms with E-state index in [-0.39, 0.29) is 17.8 Å². The van der Waals surface area contributed by atoms with Crippen LogP contribution in [0, 0.1) is 0 Å². The Morgan fingerprint density at radius 2 is 1.75 bits per heavy atom. The second-order valence-electron chi connectivity index (χ2n) is 5.19. The smallest absolute Gasteiger partial charge is 0.310 e. The van der Waals surface area contributed by atoms with Crippen molar-refractivity contribution in [2.75, 3.05) is 7.11 Å². The van der Waals surface area contributed by atoms with Crippen LogP contribution in [-0.2, 0) is 4.79 Å². The maximum Gasteiger partial charge on any atom is 0.310 e. The van der Waals surface area contributed by atoms with Crippen molar-refractivity contribution in [3.05, 3.63) is 58.8 Å². The van der Waals surface area contributed by atoms with Gasteiger partial charge in [-0.1, -0.05) is 6.92 Å². The average molecular weight is 324 g/mol. The third-order valence-electron chi connectivity index (χ3n) is 3.59. The summed E-state index contributed by atoms with van der Waals surface area (Å²) in [6.07, 6.45) is 0.267. The van der Waals surface area contributed by atoms with Gasteiger partial charge in [0.05, 0.1) is 12.5 Å². The summed E-state index contributed by atoms with van der Waals surface area (Å²) in [6.45, 7) is 1.71. The molecule has 122 valence electrons. The van der Waals surface area contributed by atoms with Crippen LogP contribution in [0.3, 0.4) is 0 Å². The van der Waals surface area contributed by atoms with Crippen LogP contribution in [0.1, 0.15) is 13.3 Å². The fourth-order valence-electron chi connectivity index (χ4n) is 2.30. The molecule has 0 saturated heterocycles. The molecule has 0 unspecified atom stereocenters. The molecule has 0 bridgehead atoms. The first-order chi connectivity index (χ1) is 11.6. The molecule has 2 aromatic carbocycles. The van der Waals surface area contributed by atoms with E-state index in [9.17, 15) is 9.59 Å². The predicted octanol–water partition coefficient (Wildman–Crippen LogP) is 3.78. The molecule has 0 aliphatic heterocycles. The molecule has 1 aromatic heterocycles. The van der Waals surface area contributed by atoms with Gasteiger partial charge in [0.15, 0.2) is 5.43 Å². The summed E-state index contributed by atoms with van der Waals surface area (Å²) in [5.41, 5.74) is 1.01. The summed E-state index contributed by atoms with van der Waals surface area (Å²) in [6, 6.07) is 13.4. The Labute approximate surface area is 138 Å². The largest absolute Gasteiger partial charge is 0.497 e. The summed E-state index contributed by atoms with van der Waals surface area (Å²) in [7, 11) is 1.59. The minimum absolute atomic E-state index is 0.198. The summed E-state index contributed by atoms with van der Waals surface area (Å²) in [5, 5.41) is 0.369. The van der Waals surface area contributed by atoms with Gasteiger partial charge in [0.2, 0.25) is 0 Å². The topological polar surface area (TPSA) is 65.7 Å². The number of hydrogen-bond donors (Lipinski definition) is 0. The average Bonchev–Trinajstić information content (AvgIpc) is 2.62. The van der Waals surface area contributed by atoms with Gasteiger partial charge < -0.3 is 13.9 Å². The lowest BCUT2D eigenvalue weighted by molar-refractivity contribution is -0.134. The number of hydrogen-bond acceptors (Lipinski definition) is 5. The second kappa shape index (κ2) is 6.58. The first-order valence-electron chi connectivity index (χ1n) is 7.53. The zero-order chi connectivity index (χ0) is 17.1. The molecule has 3 rings (SSSR count). The van der Waals surface area contributed by atoms with Crippen molar-refractivity contribution in [3.8, 4) is 22.8 Å². The molecule has 24 heavy (non-hydrogen) atoms. The van der Waals surface area contributed by atoms with Gasteiger partial charge in [0, 0.05) is 18.1 Å². The summed E-state index contributed by atoms with van der Waals surface area (Å²) in [5.74, 6) is 1.17. The van der Waals surface area contributed by atoms with E-state index in [0.29, 0.717) is 22.5 Å². The van der Waals surface area contributed by atoms with Crippen molar-refractivity contribution in [2.24, 2.45) is 0 Å². The Morgan fingerprint density at radius 1 is 1.04 bits per heavy atom. The molecule has 0 aliphatic carbocycles. The molecule has 0 radical (unpaired) electrons. The number of methoxy groups -OCH3 is 1. The van der Waals surface area contributed by atoms with E-state index in [2.05, 4.69) is 0 Å². The number of benzene rings is 2. The molecule has 3 aromatic rings. The van der Waals surface area contributed by atoms with Gasteiger partial charge in [-0.25, -0.2) is 0 Å². The van der Waals surface area contributed by atoms with Crippen LogP contribution in [0.2, 0.25) is 0 Å². The van der Waals surface area contributed by atoms with Crippen LogP contribution in [0.5, 0.6) is 11.5 Å². The Balaban J connectivity index is 2.02. The number of fused-ring (bicyclic) bond motifs is 1. The summed E-state index contributed by atoms with van der Waals surface area (Å²) >= 11 is 0. The fourth-order valence-corrected chi connectivity index (χ4v) is 2.30. The molecule has 0 aliphatic rings. The van der Waals surface area contributed by atoms with Gasteiger partial charge in [-0.2, -0.15) is 0 Å². The SMILES string of the molecule is CCC(=O)Oc1ccc2oc(-c3ccc(OC)cc3)cc(=O)c2c1. The molecule has 0 N–H and O–H groups in total. The molecular formula is C19H16O5. The van der Waals surface area contributed by atoms with Gasteiger partial charge in [0.1, 0.15) is 22.8 Å². The van der Waals surface area contributed by atoms with Crippen LogP contribution in [0.4, 0.5) is 0 Å². The summed E-state index contributed by atoms with van der Waals surface area (Å²) in [4.78, 5) is 23.7. The molecule has 1 heterocycles. The maximum absolute atomic E-state index is 12.4. The quantitative estimate of drug-likeness (QED) is 0.540. The zero-order valence-corrected chi connectivity index (χ0v) is 13.4. The minimum atomic E-state index is -0.353. The Bertz CT molecular complexity index is 938. The Kier molecular flexibility index (Phi) is 4.33. The van der Waals surface area contributed by atoms with Gasteiger partial charge in [-0.15, -0.1) is 0 Å². The van der Waals surface area contributed by atoms with Crippen LogP contribution in [-0.4, -0.2) is 13.1 Å². The van der Waals surface area contributed by atoms with Crippen LogP contribution < -0.4 is 14.9 Å². The zero-order valence-electron chi connectivity index (χ0n) is 13.4. The van der Waals surface area contributed by atoms with Gasteiger partial charge in [0.25, 0.3) is 0 Å². The van der Waals surface area contributed by atoms with E-state index in [1.807, 2.05) is 12.1 Å². The highest BCUT2D eigenvalue weighted by Gasteiger charge is 2.10. The molecule has 0 atom stereocenters. The van der Waals surface area contributed by atoms with Crippen molar-refractivity contribution >= 4 is 16.9 Å². The second-order valence-corrected chi connectivity index (χ2v) is 5.19. The van der Waals surface area contributed by atoms with Crippen molar-refractivity contribution in [2.45, 2.75) is 13.3 Å². The normalized spacial score (nSPS) is 10.6. The standard InChI is InChI=1S/C19H16O5/c1-3-19(21)23-14-8-9-17-15(10-14)16(20)11-18(24-17)12-4-6-13(22-2)7-5-12/h4-11H,3H2,1-2H3.